The number of para-hydroxylation sites is 1. The van der Waals surface area contributed by atoms with Crippen molar-refractivity contribution in [2.24, 2.45) is 12.0 Å². The average molecular weight is 482 g/mol. The molecule has 0 spiro atoms. The molecule has 0 aliphatic carbocycles. The zero-order valence-electron chi connectivity index (χ0n) is 18.6. The molecule has 0 saturated heterocycles. The van der Waals surface area contributed by atoms with Crippen LogP contribution in [0, 0.1) is 13.8 Å². The largest absolute Gasteiger partial charge is 0.495 e. The molecule has 4 rings (SSSR count). The van der Waals surface area contributed by atoms with Crippen molar-refractivity contribution in [3.8, 4) is 5.75 Å². The van der Waals surface area contributed by atoms with Gasteiger partial charge in [0.05, 0.1) is 28.0 Å². The summed E-state index contributed by atoms with van der Waals surface area (Å²) in [5.74, 6) is 0.144. The van der Waals surface area contributed by atoms with Crippen LogP contribution in [0.2, 0.25) is 0 Å². The Morgan fingerprint density at radius 1 is 1.03 bits per heavy atom. The van der Waals surface area contributed by atoms with Gasteiger partial charge in [-0.3, -0.25) is 9.52 Å². The minimum Gasteiger partial charge on any atom is -0.495 e. The van der Waals surface area contributed by atoms with E-state index >= 15 is 0 Å². The van der Waals surface area contributed by atoms with E-state index in [0.717, 1.165) is 21.3 Å². The van der Waals surface area contributed by atoms with Gasteiger partial charge in [-0.1, -0.05) is 47.2 Å². The number of ether oxygens (including phenoxy) is 1. The van der Waals surface area contributed by atoms with Crippen LogP contribution in [0.15, 0.2) is 70.6 Å². The van der Waals surface area contributed by atoms with E-state index in [1.165, 1.54) is 23.5 Å². The third kappa shape index (κ3) is 4.42. The number of aryl methyl sites for hydroxylation is 3. The summed E-state index contributed by atoms with van der Waals surface area (Å²) in [5, 5.41) is 0. The molecule has 0 fully saturated rings. The van der Waals surface area contributed by atoms with Gasteiger partial charge in [-0.05, 0) is 49.7 Å². The Balaban J connectivity index is 1.76. The van der Waals surface area contributed by atoms with Gasteiger partial charge in [-0.15, -0.1) is 0 Å². The van der Waals surface area contributed by atoms with Gasteiger partial charge >= 0.3 is 0 Å². The number of nitrogens with one attached hydrogen (secondary N) is 1. The normalized spacial score (nSPS) is 12.2. The Morgan fingerprint density at radius 2 is 1.73 bits per heavy atom. The highest BCUT2D eigenvalue weighted by Crippen LogP contribution is 2.30. The van der Waals surface area contributed by atoms with Crippen LogP contribution in [0.3, 0.4) is 0 Å². The lowest BCUT2D eigenvalue weighted by molar-refractivity contribution is 0.0998. The lowest BCUT2D eigenvalue weighted by Gasteiger charge is -2.11. The summed E-state index contributed by atoms with van der Waals surface area (Å²) >= 11 is 1.38. The number of aromatic nitrogens is 1. The fraction of sp³-hybridized carbons (Fsp3) is 0.167. The van der Waals surface area contributed by atoms with Crippen LogP contribution >= 0.6 is 11.3 Å². The SMILES string of the molecule is COc1ccc(C)c2sc(=NC(=O)c3ccccc3NS(=O)(=O)c3ccc(C)cc3)n(C)c12. The summed E-state index contributed by atoms with van der Waals surface area (Å²) in [6.45, 7) is 3.86. The second-order valence-electron chi connectivity index (χ2n) is 7.59. The summed E-state index contributed by atoms with van der Waals surface area (Å²) in [4.78, 5) is 18.0. The molecule has 0 unspecified atom stereocenters. The van der Waals surface area contributed by atoms with Crippen molar-refractivity contribution in [2.45, 2.75) is 18.7 Å². The van der Waals surface area contributed by atoms with Crippen LogP contribution in [-0.4, -0.2) is 26.0 Å². The summed E-state index contributed by atoms with van der Waals surface area (Å²) in [5.41, 5.74) is 3.18. The number of hydrogen-bond acceptors (Lipinski definition) is 5. The molecule has 1 N–H and O–H groups in total. The van der Waals surface area contributed by atoms with Crippen LogP contribution in [0.1, 0.15) is 21.5 Å². The molecule has 0 bridgehead atoms. The lowest BCUT2D eigenvalue weighted by Crippen LogP contribution is -2.17. The Labute approximate surface area is 196 Å². The Morgan fingerprint density at radius 3 is 2.42 bits per heavy atom. The van der Waals surface area contributed by atoms with Crippen LogP contribution in [0.5, 0.6) is 5.75 Å². The van der Waals surface area contributed by atoms with Gasteiger partial charge in [-0.25, -0.2) is 8.42 Å². The fourth-order valence-electron chi connectivity index (χ4n) is 3.45. The number of methoxy groups -OCH3 is 1. The summed E-state index contributed by atoms with van der Waals surface area (Å²) in [6.07, 6.45) is 0. The van der Waals surface area contributed by atoms with Crippen LogP contribution in [0.25, 0.3) is 10.2 Å². The van der Waals surface area contributed by atoms with E-state index in [1.807, 2.05) is 37.6 Å². The molecule has 0 radical (unpaired) electrons. The first-order valence-corrected chi connectivity index (χ1v) is 12.4. The first-order chi connectivity index (χ1) is 15.7. The number of amides is 1. The molecule has 1 heterocycles. The molecule has 170 valence electrons. The maximum atomic E-state index is 13.1. The predicted octanol–water partition coefficient (Wildman–Crippen LogP) is 4.41. The topological polar surface area (TPSA) is 89.8 Å². The predicted molar refractivity (Wildman–Crippen MR) is 130 cm³/mol. The fourth-order valence-corrected chi connectivity index (χ4v) is 5.63. The first-order valence-electron chi connectivity index (χ1n) is 10.1. The Bertz CT molecular complexity index is 1530. The maximum absolute atomic E-state index is 13.1. The molecule has 7 nitrogen and oxygen atoms in total. The molecule has 1 amide bonds. The number of anilines is 1. The summed E-state index contributed by atoms with van der Waals surface area (Å²) in [7, 11) is -0.450. The number of rotatable bonds is 5. The van der Waals surface area contributed by atoms with Gasteiger partial charge in [0.15, 0.2) is 4.80 Å². The van der Waals surface area contributed by atoms with E-state index < -0.39 is 15.9 Å². The zero-order valence-corrected chi connectivity index (χ0v) is 20.3. The van der Waals surface area contributed by atoms with E-state index in [4.69, 9.17) is 4.74 Å². The van der Waals surface area contributed by atoms with Crippen molar-refractivity contribution in [1.29, 1.82) is 0 Å². The summed E-state index contributed by atoms with van der Waals surface area (Å²) in [6, 6.07) is 16.8. The van der Waals surface area contributed by atoms with Gasteiger partial charge in [0.25, 0.3) is 15.9 Å². The average Bonchev–Trinajstić information content (AvgIpc) is 3.11. The molecule has 3 aromatic carbocycles. The molecule has 0 atom stereocenters. The van der Waals surface area contributed by atoms with E-state index in [1.54, 1.807) is 43.5 Å². The highest BCUT2D eigenvalue weighted by Gasteiger charge is 2.19. The van der Waals surface area contributed by atoms with Gasteiger partial charge in [0.1, 0.15) is 11.3 Å². The standard InChI is InChI=1S/C24H23N3O4S2/c1-15-9-12-17(13-10-15)33(29,30)26-19-8-6-5-7-18(19)23(28)25-24-27(3)21-20(31-4)14-11-16(2)22(21)32-24/h5-14,26H,1-4H3. The van der Waals surface area contributed by atoms with Crippen molar-refractivity contribution in [2.75, 3.05) is 11.8 Å². The second-order valence-corrected chi connectivity index (χ2v) is 10.2. The molecule has 0 saturated carbocycles. The quantitative estimate of drug-likeness (QED) is 0.457. The molecule has 0 aliphatic heterocycles. The van der Waals surface area contributed by atoms with Gasteiger partial charge in [0.2, 0.25) is 0 Å². The van der Waals surface area contributed by atoms with E-state index in [9.17, 15) is 13.2 Å². The number of thiazole rings is 1. The lowest BCUT2D eigenvalue weighted by atomic mass is 10.2. The number of carbonyl (C=O) groups excluding carboxylic acids is 1. The molecule has 4 aromatic rings. The van der Waals surface area contributed by atoms with Crippen LogP contribution < -0.4 is 14.3 Å². The number of fused-ring (bicyclic) bond motifs is 1. The third-order valence-corrected chi connectivity index (χ3v) is 7.91. The third-order valence-electron chi connectivity index (χ3n) is 5.26. The highest BCUT2D eigenvalue weighted by atomic mass is 32.2. The van der Waals surface area contributed by atoms with Gasteiger partial charge in [-0.2, -0.15) is 4.99 Å². The molecular formula is C24H23N3O4S2. The number of benzene rings is 3. The molecule has 9 heteroatoms. The molecule has 1 aromatic heterocycles. The minimum atomic E-state index is -3.87. The number of nitrogens with zero attached hydrogens (tertiary/aromatic N) is 2. The van der Waals surface area contributed by atoms with Crippen LogP contribution in [0.4, 0.5) is 5.69 Å². The number of sulfonamides is 1. The second kappa shape index (κ2) is 8.84. The zero-order chi connectivity index (χ0) is 23.8. The van der Waals surface area contributed by atoms with Gasteiger partial charge in [0, 0.05) is 7.05 Å². The van der Waals surface area contributed by atoms with Crippen molar-refractivity contribution >= 4 is 43.2 Å². The monoisotopic (exact) mass is 481 g/mol. The Hall–Kier alpha value is -3.43. The van der Waals surface area contributed by atoms with E-state index in [-0.39, 0.29) is 16.1 Å². The Kier molecular flexibility index (Phi) is 6.09. The van der Waals surface area contributed by atoms with Crippen LogP contribution in [-0.2, 0) is 17.1 Å². The maximum Gasteiger partial charge on any atom is 0.281 e. The van der Waals surface area contributed by atoms with E-state index in [2.05, 4.69) is 9.71 Å². The number of carbonyl (C=O) groups is 1. The summed E-state index contributed by atoms with van der Waals surface area (Å²) < 4.78 is 36.5. The molecular weight excluding hydrogens is 458 g/mol. The van der Waals surface area contributed by atoms with Crippen molar-refractivity contribution in [3.05, 3.63) is 82.2 Å². The van der Waals surface area contributed by atoms with Gasteiger partial charge < -0.3 is 9.30 Å². The molecule has 0 aliphatic rings. The van der Waals surface area contributed by atoms with Crippen molar-refractivity contribution < 1.29 is 17.9 Å². The first kappa shape index (κ1) is 22.8. The minimum absolute atomic E-state index is 0.116. The highest BCUT2D eigenvalue weighted by molar-refractivity contribution is 7.92. The van der Waals surface area contributed by atoms with Crippen molar-refractivity contribution in [1.82, 2.24) is 4.57 Å². The van der Waals surface area contributed by atoms with E-state index in [0.29, 0.717) is 10.6 Å². The van der Waals surface area contributed by atoms with Crippen molar-refractivity contribution in [3.63, 3.8) is 0 Å². The smallest absolute Gasteiger partial charge is 0.281 e. The molecule has 33 heavy (non-hydrogen) atoms. The number of hydrogen-bond donors (Lipinski definition) is 1.